The maximum absolute atomic E-state index is 13.3. The van der Waals surface area contributed by atoms with Gasteiger partial charge in [0.2, 0.25) is 10.0 Å². The average Bonchev–Trinajstić information content (AvgIpc) is 2.76. The fourth-order valence-electron chi connectivity index (χ4n) is 6.71. The molecule has 0 aliphatic heterocycles. The van der Waals surface area contributed by atoms with Gasteiger partial charge >= 0.3 is 5.97 Å². The third-order valence-corrected chi connectivity index (χ3v) is 9.08. The van der Waals surface area contributed by atoms with E-state index in [-0.39, 0.29) is 16.1 Å². The van der Waals surface area contributed by atoms with Crippen molar-refractivity contribution in [2.45, 2.75) is 56.4 Å². The fourth-order valence-corrected chi connectivity index (χ4v) is 7.71. The SMILES string of the molecule is CC(OC(=O)CNS(=O)(=O)c1ccc2ccccc2c1)C(=O)C12CC3CC(CC(C3)C1)C2. The summed E-state index contributed by atoms with van der Waals surface area (Å²) in [5, 5.41) is 1.73. The Bertz CT molecular complexity index is 1140. The number of fused-ring (bicyclic) bond motifs is 1. The van der Waals surface area contributed by atoms with E-state index in [0.717, 1.165) is 30.0 Å². The lowest BCUT2D eigenvalue weighted by molar-refractivity contribution is -0.164. The van der Waals surface area contributed by atoms with Crippen LogP contribution in [0.15, 0.2) is 47.4 Å². The van der Waals surface area contributed by atoms with Crippen molar-refractivity contribution in [2.75, 3.05) is 6.54 Å². The Balaban J connectivity index is 1.20. The Morgan fingerprint density at radius 2 is 1.59 bits per heavy atom. The van der Waals surface area contributed by atoms with Gasteiger partial charge in [-0.1, -0.05) is 30.3 Å². The molecule has 1 N–H and O–H groups in total. The van der Waals surface area contributed by atoms with Crippen LogP contribution in [0.3, 0.4) is 0 Å². The van der Waals surface area contributed by atoms with Crippen LogP contribution in [0.25, 0.3) is 10.8 Å². The van der Waals surface area contributed by atoms with E-state index >= 15 is 0 Å². The maximum Gasteiger partial charge on any atom is 0.321 e. The van der Waals surface area contributed by atoms with E-state index in [2.05, 4.69) is 4.72 Å². The van der Waals surface area contributed by atoms with E-state index < -0.39 is 28.6 Å². The van der Waals surface area contributed by atoms with Crippen molar-refractivity contribution in [3.05, 3.63) is 42.5 Å². The third-order valence-electron chi connectivity index (χ3n) is 7.68. The second-order valence-electron chi connectivity index (χ2n) is 10.0. The van der Waals surface area contributed by atoms with E-state index in [9.17, 15) is 18.0 Å². The number of hydrogen-bond donors (Lipinski definition) is 1. The highest BCUT2D eigenvalue weighted by Crippen LogP contribution is 2.60. The highest BCUT2D eigenvalue weighted by atomic mass is 32.2. The van der Waals surface area contributed by atoms with Gasteiger partial charge < -0.3 is 4.74 Å². The second kappa shape index (κ2) is 7.96. The Morgan fingerprint density at radius 1 is 1.00 bits per heavy atom. The van der Waals surface area contributed by atoms with Gasteiger partial charge in [-0.25, -0.2) is 8.42 Å². The van der Waals surface area contributed by atoms with Crippen LogP contribution in [0.5, 0.6) is 0 Å². The third kappa shape index (κ3) is 3.97. The molecule has 0 radical (unpaired) electrons. The van der Waals surface area contributed by atoms with Crippen molar-refractivity contribution in [2.24, 2.45) is 23.2 Å². The minimum atomic E-state index is -3.88. The number of Topliss-reactive ketones (excluding diaryl/α,β-unsaturated/α-hetero) is 1. The largest absolute Gasteiger partial charge is 0.454 e. The lowest BCUT2D eigenvalue weighted by Gasteiger charge is -2.56. The molecule has 4 saturated carbocycles. The minimum Gasteiger partial charge on any atom is -0.454 e. The van der Waals surface area contributed by atoms with Gasteiger partial charge in [-0.2, -0.15) is 4.72 Å². The molecular weight excluding hydrogens is 426 g/mol. The lowest BCUT2D eigenvalue weighted by Crippen LogP contribution is -2.53. The molecule has 2 aromatic carbocycles. The zero-order valence-corrected chi connectivity index (χ0v) is 19.1. The summed E-state index contributed by atoms with van der Waals surface area (Å²) in [5.41, 5.74) is -0.348. The number of hydrogen-bond acceptors (Lipinski definition) is 5. The van der Waals surface area contributed by atoms with Gasteiger partial charge in [-0.3, -0.25) is 9.59 Å². The topological polar surface area (TPSA) is 89.5 Å². The zero-order valence-electron chi connectivity index (χ0n) is 18.3. The van der Waals surface area contributed by atoms with Crippen molar-refractivity contribution in [3.8, 4) is 0 Å². The van der Waals surface area contributed by atoms with Gasteiger partial charge in [0.15, 0.2) is 11.9 Å². The summed E-state index contributed by atoms with van der Waals surface area (Å²) >= 11 is 0. The first-order valence-corrected chi connectivity index (χ1v) is 12.9. The molecule has 4 aliphatic rings. The molecular formula is C25H29NO5S. The number of ether oxygens (including phenoxy) is 1. The van der Waals surface area contributed by atoms with Gasteiger partial charge in [0.05, 0.1) is 4.90 Å². The van der Waals surface area contributed by atoms with E-state index in [1.54, 1.807) is 19.1 Å². The van der Waals surface area contributed by atoms with Crippen LogP contribution < -0.4 is 4.72 Å². The van der Waals surface area contributed by atoms with Crippen LogP contribution >= 0.6 is 0 Å². The molecule has 4 fully saturated rings. The molecule has 0 amide bonds. The number of benzene rings is 2. The van der Waals surface area contributed by atoms with Crippen LogP contribution in [0.1, 0.15) is 45.4 Å². The van der Waals surface area contributed by atoms with Crippen molar-refractivity contribution < 1.29 is 22.7 Å². The Labute approximate surface area is 188 Å². The molecule has 0 heterocycles. The number of esters is 1. The molecule has 0 spiro atoms. The highest BCUT2D eigenvalue weighted by Gasteiger charge is 2.55. The highest BCUT2D eigenvalue weighted by molar-refractivity contribution is 7.89. The average molecular weight is 456 g/mol. The molecule has 7 heteroatoms. The Kier molecular flexibility index (Phi) is 5.37. The number of carbonyl (C=O) groups excluding carboxylic acids is 2. The summed E-state index contributed by atoms with van der Waals surface area (Å²) in [7, 11) is -3.88. The van der Waals surface area contributed by atoms with Gasteiger partial charge in [0.1, 0.15) is 6.54 Å². The first-order chi connectivity index (χ1) is 15.2. The van der Waals surface area contributed by atoms with Crippen LogP contribution in [-0.4, -0.2) is 32.8 Å². The first kappa shape index (κ1) is 21.6. The van der Waals surface area contributed by atoms with Crippen molar-refractivity contribution in [1.29, 1.82) is 0 Å². The summed E-state index contributed by atoms with van der Waals surface area (Å²) in [4.78, 5) is 25.7. The number of carbonyl (C=O) groups is 2. The summed E-state index contributed by atoms with van der Waals surface area (Å²) in [5.74, 6) is 1.16. The normalized spacial score (nSPS) is 29.7. The maximum atomic E-state index is 13.3. The van der Waals surface area contributed by atoms with Gasteiger partial charge in [-0.05, 0) is 86.1 Å². The summed E-state index contributed by atoms with van der Waals surface area (Å²) in [6.45, 7) is 1.12. The zero-order chi connectivity index (χ0) is 22.5. The van der Waals surface area contributed by atoms with Crippen LogP contribution in [0.2, 0.25) is 0 Å². The van der Waals surface area contributed by atoms with Gasteiger partial charge in [0.25, 0.3) is 0 Å². The van der Waals surface area contributed by atoms with Crippen molar-refractivity contribution >= 4 is 32.5 Å². The van der Waals surface area contributed by atoms with Crippen LogP contribution in [0.4, 0.5) is 0 Å². The van der Waals surface area contributed by atoms with Crippen LogP contribution in [0, 0.1) is 23.2 Å². The van der Waals surface area contributed by atoms with Gasteiger partial charge in [0, 0.05) is 5.41 Å². The smallest absolute Gasteiger partial charge is 0.321 e. The molecule has 4 bridgehead atoms. The van der Waals surface area contributed by atoms with Gasteiger partial charge in [-0.15, -0.1) is 0 Å². The Morgan fingerprint density at radius 3 is 2.22 bits per heavy atom. The Hall–Kier alpha value is -2.25. The number of nitrogens with one attached hydrogen (secondary N) is 1. The van der Waals surface area contributed by atoms with Crippen molar-refractivity contribution in [3.63, 3.8) is 0 Å². The van der Waals surface area contributed by atoms with Crippen LogP contribution in [-0.2, 0) is 24.3 Å². The molecule has 4 aliphatic carbocycles. The number of ketones is 1. The molecule has 32 heavy (non-hydrogen) atoms. The summed E-state index contributed by atoms with van der Waals surface area (Å²) < 4.78 is 33.0. The molecule has 1 atom stereocenters. The molecule has 6 rings (SSSR count). The molecule has 170 valence electrons. The quantitative estimate of drug-likeness (QED) is 0.641. The molecule has 2 aromatic rings. The molecule has 1 unspecified atom stereocenters. The monoisotopic (exact) mass is 455 g/mol. The molecule has 0 saturated heterocycles. The standard InChI is InChI=1S/C25H29NO5S/c1-16(24(28)25-12-17-8-18(13-25)10-19(9-17)14-25)31-23(27)15-26-32(29,30)22-7-6-20-4-2-3-5-21(20)11-22/h2-7,11,16-19,26H,8-10,12-15H2,1H3. The van der Waals surface area contributed by atoms with E-state index in [1.165, 1.54) is 25.3 Å². The predicted molar refractivity (Wildman–Crippen MR) is 120 cm³/mol. The number of rotatable bonds is 7. The predicted octanol–water partition coefficient (Wildman–Crippen LogP) is 3.84. The fraction of sp³-hybridized carbons (Fsp3) is 0.520. The second-order valence-corrected chi connectivity index (χ2v) is 11.8. The van der Waals surface area contributed by atoms with E-state index in [0.29, 0.717) is 17.8 Å². The first-order valence-electron chi connectivity index (χ1n) is 11.5. The minimum absolute atomic E-state index is 0.0161. The summed E-state index contributed by atoms with van der Waals surface area (Å²) in [6, 6.07) is 12.3. The lowest BCUT2D eigenvalue weighted by atomic mass is 9.48. The number of sulfonamides is 1. The van der Waals surface area contributed by atoms with E-state index in [1.807, 2.05) is 24.3 Å². The molecule has 0 aromatic heterocycles. The van der Waals surface area contributed by atoms with E-state index in [4.69, 9.17) is 4.74 Å². The van der Waals surface area contributed by atoms with Crippen molar-refractivity contribution in [1.82, 2.24) is 4.72 Å². The molecule has 6 nitrogen and oxygen atoms in total. The summed E-state index contributed by atoms with van der Waals surface area (Å²) in [6.07, 6.45) is 5.58.